The SMILES string of the molecule is COc1cccc(CCN2CCC(c3cn(Cc4cccc(F)c4)nn3)CC2)c1. The molecule has 0 unspecified atom stereocenters. The van der Waals surface area contributed by atoms with E-state index >= 15 is 0 Å². The Balaban J connectivity index is 1.27. The summed E-state index contributed by atoms with van der Waals surface area (Å²) >= 11 is 0. The summed E-state index contributed by atoms with van der Waals surface area (Å²) in [6.07, 6.45) is 5.24. The molecule has 0 amide bonds. The first-order chi connectivity index (χ1) is 14.2. The lowest BCUT2D eigenvalue weighted by Crippen LogP contribution is -2.34. The largest absolute Gasteiger partial charge is 0.497 e. The minimum absolute atomic E-state index is 0.218. The number of methoxy groups -OCH3 is 1. The van der Waals surface area contributed by atoms with Crippen LogP contribution in [0.25, 0.3) is 0 Å². The zero-order valence-electron chi connectivity index (χ0n) is 16.8. The molecular weight excluding hydrogens is 367 g/mol. The molecule has 1 fully saturated rings. The Morgan fingerprint density at radius 2 is 1.86 bits per heavy atom. The number of aromatic nitrogens is 3. The van der Waals surface area contributed by atoms with Crippen LogP contribution >= 0.6 is 0 Å². The molecule has 3 aromatic rings. The van der Waals surface area contributed by atoms with Gasteiger partial charge in [-0.15, -0.1) is 5.10 Å². The quantitative estimate of drug-likeness (QED) is 0.610. The molecule has 0 atom stereocenters. The summed E-state index contributed by atoms with van der Waals surface area (Å²) in [6.45, 7) is 3.76. The molecule has 1 saturated heterocycles. The average Bonchev–Trinajstić information content (AvgIpc) is 3.21. The third-order valence-corrected chi connectivity index (χ3v) is 5.65. The molecule has 4 rings (SSSR count). The van der Waals surface area contributed by atoms with Gasteiger partial charge in [0, 0.05) is 18.7 Å². The Labute approximate surface area is 171 Å². The molecule has 6 heteroatoms. The van der Waals surface area contributed by atoms with Gasteiger partial charge in [-0.2, -0.15) is 0 Å². The minimum atomic E-state index is -0.218. The highest BCUT2D eigenvalue weighted by molar-refractivity contribution is 5.28. The molecule has 0 bridgehead atoms. The van der Waals surface area contributed by atoms with E-state index in [0.29, 0.717) is 12.5 Å². The van der Waals surface area contributed by atoms with Gasteiger partial charge < -0.3 is 9.64 Å². The first kappa shape index (κ1) is 19.6. The predicted octanol–water partition coefficient (Wildman–Crippen LogP) is 3.90. The van der Waals surface area contributed by atoms with Crippen LogP contribution in [0.1, 0.15) is 35.6 Å². The molecule has 152 valence electrons. The second-order valence-corrected chi connectivity index (χ2v) is 7.69. The summed E-state index contributed by atoms with van der Waals surface area (Å²) in [5.41, 5.74) is 3.26. The number of nitrogens with zero attached hydrogens (tertiary/aromatic N) is 4. The Kier molecular flexibility index (Phi) is 6.20. The van der Waals surface area contributed by atoms with Crippen LogP contribution in [-0.2, 0) is 13.0 Å². The Morgan fingerprint density at radius 1 is 1.07 bits per heavy atom. The van der Waals surface area contributed by atoms with Gasteiger partial charge in [-0.25, -0.2) is 9.07 Å². The molecule has 0 saturated carbocycles. The lowest BCUT2D eigenvalue weighted by molar-refractivity contribution is 0.213. The topological polar surface area (TPSA) is 43.2 Å². The highest BCUT2D eigenvalue weighted by Gasteiger charge is 2.22. The van der Waals surface area contributed by atoms with Crippen molar-refractivity contribution in [3.05, 3.63) is 77.4 Å². The fraction of sp³-hybridized carbons (Fsp3) is 0.391. The fourth-order valence-corrected chi connectivity index (χ4v) is 3.97. The molecule has 0 N–H and O–H groups in total. The average molecular weight is 394 g/mol. The number of hydrogen-bond acceptors (Lipinski definition) is 4. The van der Waals surface area contributed by atoms with Gasteiger partial charge in [0.25, 0.3) is 0 Å². The molecule has 0 aliphatic carbocycles. The maximum Gasteiger partial charge on any atom is 0.123 e. The van der Waals surface area contributed by atoms with Crippen LogP contribution in [0.5, 0.6) is 5.75 Å². The second-order valence-electron chi connectivity index (χ2n) is 7.69. The molecule has 5 nitrogen and oxygen atoms in total. The third-order valence-electron chi connectivity index (χ3n) is 5.65. The van der Waals surface area contributed by atoms with E-state index in [9.17, 15) is 4.39 Å². The molecular formula is C23H27FN4O. The van der Waals surface area contributed by atoms with Gasteiger partial charge in [-0.1, -0.05) is 29.5 Å². The van der Waals surface area contributed by atoms with Crippen molar-refractivity contribution in [1.82, 2.24) is 19.9 Å². The van der Waals surface area contributed by atoms with Crippen molar-refractivity contribution in [1.29, 1.82) is 0 Å². The van der Waals surface area contributed by atoms with E-state index in [2.05, 4.69) is 27.3 Å². The van der Waals surface area contributed by atoms with Gasteiger partial charge in [0.2, 0.25) is 0 Å². The van der Waals surface area contributed by atoms with Crippen molar-refractivity contribution in [2.75, 3.05) is 26.7 Å². The van der Waals surface area contributed by atoms with E-state index in [1.807, 2.05) is 24.4 Å². The number of ether oxygens (including phenoxy) is 1. The summed E-state index contributed by atoms with van der Waals surface area (Å²) in [7, 11) is 1.71. The van der Waals surface area contributed by atoms with Crippen LogP contribution in [0.15, 0.2) is 54.7 Å². The van der Waals surface area contributed by atoms with Crippen LogP contribution in [0.2, 0.25) is 0 Å². The number of hydrogen-bond donors (Lipinski definition) is 0. The monoisotopic (exact) mass is 394 g/mol. The first-order valence-corrected chi connectivity index (χ1v) is 10.2. The summed E-state index contributed by atoms with van der Waals surface area (Å²) in [4.78, 5) is 2.52. The summed E-state index contributed by atoms with van der Waals surface area (Å²) < 4.78 is 20.5. The molecule has 29 heavy (non-hydrogen) atoms. The Hall–Kier alpha value is -2.73. The lowest BCUT2D eigenvalue weighted by atomic mass is 9.94. The first-order valence-electron chi connectivity index (χ1n) is 10.2. The Morgan fingerprint density at radius 3 is 2.66 bits per heavy atom. The number of halogens is 1. The minimum Gasteiger partial charge on any atom is -0.497 e. The van der Waals surface area contributed by atoms with E-state index in [1.54, 1.807) is 23.9 Å². The molecule has 0 spiro atoms. The zero-order chi connectivity index (χ0) is 20.1. The van der Waals surface area contributed by atoms with Crippen molar-refractivity contribution in [3.63, 3.8) is 0 Å². The second kappa shape index (κ2) is 9.18. The van der Waals surface area contributed by atoms with E-state index < -0.39 is 0 Å². The van der Waals surface area contributed by atoms with Crippen molar-refractivity contribution < 1.29 is 9.13 Å². The van der Waals surface area contributed by atoms with Gasteiger partial charge in [-0.05, 0) is 67.7 Å². The summed E-state index contributed by atoms with van der Waals surface area (Å²) in [5, 5.41) is 8.63. The van der Waals surface area contributed by atoms with Crippen LogP contribution in [-0.4, -0.2) is 46.6 Å². The summed E-state index contributed by atoms with van der Waals surface area (Å²) in [6, 6.07) is 14.9. The van der Waals surface area contributed by atoms with Crippen molar-refractivity contribution in [3.8, 4) is 5.75 Å². The molecule has 2 heterocycles. The van der Waals surface area contributed by atoms with E-state index in [4.69, 9.17) is 4.74 Å². The smallest absolute Gasteiger partial charge is 0.123 e. The molecule has 1 aliphatic rings. The van der Waals surface area contributed by atoms with Gasteiger partial charge in [0.15, 0.2) is 0 Å². The highest BCUT2D eigenvalue weighted by atomic mass is 19.1. The number of likely N-dealkylation sites (tertiary alicyclic amines) is 1. The van der Waals surface area contributed by atoms with Gasteiger partial charge in [-0.3, -0.25) is 0 Å². The van der Waals surface area contributed by atoms with Crippen molar-refractivity contribution in [2.45, 2.75) is 31.7 Å². The number of rotatable bonds is 7. The molecule has 1 aromatic heterocycles. The zero-order valence-corrected chi connectivity index (χ0v) is 16.8. The van der Waals surface area contributed by atoms with Crippen LogP contribution in [0, 0.1) is 5.82 Å². The fourth-order valence-electron chi connectivity index (χ4n) is 3.97. The van der Waals surface area contributed by atoms with E-state index in [0.717, 1.165) is 55.9 Å². The Bertz CT molecular complexity index is 934. The maximum absolute atomic E-state index is 13.4. The maximum atomic E-state index is 13.4. The van der Waals surface area contributed by atoms with Gasteiger partial charge in [0.1, 0.15) is 11.6 Å². The summed E-state index contributed by atoms with van der Waals surface area (Å²) in [5.74, 6) is 1.15. The standard InChI is InChI=1S/C23H27FN4O/c1-29-22-7-3-4-18(15-22)8-11-27-12-9-20(10-13-27)23-17-28(26-25-23)16-19-5-2-6-21(24)14-19/h2-7,14-15,17,20H,8-13,16H2,1H3. The number of benzene rings is 2. The van der Waals surface area contributed by atoms with Crippen LogP contribution < -0.4 is 4.74 Å². The van der Waals surface area contributed by atoms with E-state index in [1.165, 1.54) is 11.6 Å². The molecule has 2 aromatic carbocycles. The van der Waals surface area contributed by atoms with Gasteiger partial charge >= 0.3 is 0 Å². The number of piperidine rings is 1. The van der Waals surface area contributed by atoms with Crippen molar-refractivity contribution >= 4 is 0 Å². The normalized spacial score (nSPS) is 15.5. The van der Waals surface area contributed by atoms with Crippen LogP contribution in [0.4, 0.5) is 4.39 Å². The van der Waals surface area contributed by atoms with Gasteiger partial charge in [0.05, 0.1) is 19.3 Å². The highest BCUT2D eigenvalue weighted by Crippen LogP contribution is 2.26. The van der Waals surface area contributed by atoms with Crippen LogP contribution in [0.3, 0.4) is 0 Å². The third kappa shape index (κ3) is 5.21. The predicted molar refractivity (Wildman–Crippen MR) is 111 cm³/mol. The lowest BCUT2D eigenvalue weighted by Gasteiger charge is -2.31. The molecule has 1 aliphatic heterocycles. The van der Waals surface area contributed by atoms with E-state index in [-0.39, 0.29) is 5.82 Å². The molecule has 0 radical (unpaired) electrons. The van der Waals surface area contributed by atoms with Crippen molar-refractivity contribution in [2.24, 2.45) is 0 Å².